The van der Waals surface area contributed by atoms with Crippen LogP contribution in [0.2, 0.25) is 0 Å². The van der Waals surface area contributed by atoms with Gasteiger partial charge >= 0.3 is 5.97 Å². The van der Waals surface area contributed by atoms with Crippen LogP contribution in [0.25, 0.3) is 0 Å². The molecule has 0 aliphatic heterocycles. The first-order valence-electron chi connectivity index (χ1n) is 6.07. The number of anilines is 2. The lowest BCUT2D eigenvalue weighted by atomic mass is 10.0. The zero-order valence-electron chi connectivity index (χ0n) is 11.8. The van der Waals surface area contributed by atoms with E-state index < -0.39 is 16.9 Å². The van der Waals surface area contributed by atoms with Crippen LogP contribution in [0.5, 0.6) is 0 Å². The molecule has 2 N–H and O–H groups in total. The van der Waals surface area contributed by atoms with Crippen molar-refractivity contribution in [2.75, 3.05) is 24.8 Å². The summed E-state index contributed by atoms with van der Waals surface area (Å²) in [4.78, 5) is 26.2. The lowest BCUT2D eigenvalue weighted by Crippen LogP contribution is -2.35. The highest BCUT2D eigenvalue weighted by Gasteiger charge is 2.24. The maximum absolute atomic E-state index is 11.7. The third kappa shape index (κ3) is 3.81. The van der Waals surface area contributed by atoms with Crippen LogP contribution >= 0.6 is 0 Å². The third-order valence-corrected chi connectivity index (χ3v) is 2.70. The summed E-state index contributed by atoms with van der Waals surface area (Å²) in [6, 6.07) is 1.96. The molecular formula is C12H18N4O4. The fraction of sp³-hybridized carbons (Fsp3) is 0.500. The minimum Gasteiger partial charge on any atom is -0.467 e. The van der Waals surface area contributed by atoms with Gasteiger partial charge in [-0.1, -0.05) is 13.8 Å². The summed E-state index contributed by atoms with van der Waals surface area (Å²) in [7, 11) is 2.90. The number of hydrogen-bond donors (Lipinski definition) is 2. The molecule has 8 nitrogen and oxygen atoms in total. The van der Waals surface area contributed by atoms with Crippen molar-refractivity contribution >= 4 is 23.3 Å². The molecule has 0 aromatic carbocycles. The molecule has 1 aromatic heterocycles. The lowest BCUT2D eigenvalue weighted by molar-refractivity contribution is -0.384. The van der Waals surface area contributed by atoms with Crippen molar-refractivity contribution in [1.82, 2.24) is 4.98 Å². The van der Waals surface area contributed by atoms with Crippen molar-refractivity contribution < 1.29 is 14.5 Å². The van der Waals surface area contributed by atoms with Gasteiger partial charge in [-0.25, -0.2) is 9.78 Å². The van der Waals surface area contributed by atoms with Crippen LogP contribution in [0.4, 0.5) is 17.3 Å². The second-order valence-corrected chi connectivity index (χ2v) is 4.49. The van der Waals surface area contributed by atoms with E-state index in [9.17, 15) is 14.9 Å². The van der Waals surface area contributed by atoms with Crippen molar-refractivity contribution in [2.45, 2.75) is 19.9 Å². The van der Waals surface area contributed by atoms with Crippen LogP contribution in [0.15, 0.2) is 12.1 Å². The first-order valence-corrected chi connectivity index (χ1v) is 6.07. The Balaban J connectivity index is 3.08. The Labute approximate surface area is 116 Å². The number of esters is 1. The van der Waals surface area contributed by atoms with E-state index in [1.807, 2.05) is 13.8 Å². The standard InChI is InChI=1S/C12H18N4O4/c1-7(2)11(12(17)20-4)15-10-6-8(16(18)19)5-9(13-3)14-10/h5-7,11H,1-4H3,(H2,13,14,15). The Morgan fingerprint density at radius 1 is 1.40 bits per heavy atom. The van der Waals surface area contributed by atoms with E-state index in [-0.39, 0.29) is 17.4 Å². The largest absolute Gasteiger partial charge is 0.467 e. The van der Waals surface area contributed by atoms with Gasteiger partial charge < -0.3 is 15.4 Å². The smallest absolute Gasteiger partial charge is 0.328 e. The molecule has 1 aromatic rings. The summed E-state index contributed by atoms with van der Waals surface area (Å²) in [5.41, 5.74) is -0.112. The zero-order valence-corrected chi connectivity index (χ0v) is 11.8. The molecule has 0 fully saturated rings. The maximum Gasteiger partial charge on any atom is 0.328 e. The van der Waals surface area contributed by atoms with Crippen molar-refractivity contribution in [3.8, 4) is 0 Å². The van der Waals surface area contributed by atoms with Gasteiger partial charge in [0.05, 0.1) is 24.2 Å². The summed E-state index contributed by atoms with van der Waals surface area (Å²) in [6.45, 7) is 3.68. The van der Waals surface area contributed by atoms with Crippen molar-refractivity contribution in [3.63, 3.8) is 0 Å². The number of methoxy groups -OCH3 is 1. The number of ether oxygens (including phenoxy) is 1. The predicted molar refractivity (Wildman–Crippen MR) is 74.7 cm³/mol. The number of pyridine rings is 1. The molecule has 0 saturated carbocycles. The lowest BCUT2D eigenvalue weighted by Gasteiger charge is -2.20. The molecule has 0 saturated heterocycles. The highest BCUT2D eigenvalue weighted by Crippen LogP contribution is 2.22. The summed E-state index contributed by atoms with van der Waals surface area (Å²) in [5, 5.41) is 16.5. The van der Waals surface area contributed by atoms with Crippen LogP contribution < -0.4 is 10.6 Å². The average molecular weight is 282 g/mol. The Kier molecular flexibility index (Phi) is 5.24. The Morgan fingerprint density at radius 3 is 2.45 bits per heavy atom. The number of carbonyl (C=O) groups is 1. The van der Waals surface area contributed by atoms with Gasteiger partial charge in [0.15, 0.2) is 0 Å². The molecule has 0 bridgehead atoms. The topological polar surface area (TPSA) is 106 Å². The van der Waals surface area contributed by atoms with E-state index in [0.29, 0.717) is 5.82 Å². The van der Waals surface area contributed by atoms with E-state index in [0.717, 1.165) is 0 Å². The van der Waals surface area contributed by atoms with Gasteiger partial charge in [0, 0.05) is 7.05 Å². The van der Waals surface area contributed by atoms with Gasteiger partial charge in [0.2, 0.25) is 0 Å². The second kappa shape index (κ2) is 6.69. The predicted octanol–water partition coefficient (Wildman–Crippen LogP) is 1.64. The number of nitro groups is 1. The Morgan fingerprint density at radius 2 is 2.00 bits per heavy atom. The molecule has 1 heterocycles. The third-order valence-electron chi connectivity index (χ3n) is 2.70. The summed E-state index contributed by atoms with van der Waals surface area (Å²) in [5.74, 6) is 0.0857. The van der Waals surface area contributed by atoms with Gasteiger partial charge in [-0.15, -0.1) is 0 Å². The number of rotatable bonds is 6. The Bertz CT molecular complexity index is 504. The molecule has 1 unspecified atom stereocenters. The molecule has 0 aliphatic rings. The number of aromatic nitrogens is 1. The molecule has 0 aliphatic carbocycles. The highest BCUT2D eigenvalue weighted by molar-refractivity contribution is 5.79. The van der Waals surface area contributed by atoms with Crippen LogP contribution in [0.1, 0.15) is 13.8 Å². The molecule has 8 heteroatoms. The molecule has 1 rings (SSSR count). The molecular weight excluding hydrogens is 264 g/mol. The highest BCUT2D eigenvalue weighted by atomic mass is 16.6. The normalized spacial score (nSPS) is 11.8. The van der Waals surface area contributed by atoms with Gasteiger partial charge in [-0.3, -0.25) is 10.1 Å². The number of nitrogens with one attached hydrogen (secondary N) is 2. The fourth-order valence-electron chi connectivity index (χ4n) is 1.61. The quantitative estimate of drug-likeness (QED) is 0.464. The van der Waals surface area contributed by atoms with Gasteiger partial charge in [-0.2, -0.15) is 0 Å². The minimum atomic E-state index is -0.626. The van der Waals surface area contributed by atoms with Crippen molar-refractivity contribution in [1.29, 1.82) is 0 Å². The molecule has 0 radical (unpaired) electrons. The summed E-state index contributed by atoms with van der Waals surface area (Å²) >= 11 is 0. The van der Waals surface area contributed by atoms with E-state index in [4.69, 9.17) is 4.74 Å². The van der Waals surface area contributed by atoms with Gasteiger partial charge in [-0.05, 0) is 5.92 Å². The molecule has 20 heavy (non-hydrogen) atoms. The molecule has 1 atom stereocenters. The van der Waals surface area contributed by atoms with Crippen molar-refractivity contribution in [2.24, 2.45) is 5.92 Å². The summed E-state index contributed by atoms with van der Waals surface area (Å²) < 4.78 is 4.70. The van der Waals surface area contributed by atoms with E-state index in [1.165, 1.54) is 19.2 Å². The SMILES string of the molecule is CNc1cc([N+](=O)[O-])cc(NC(C(=O)OC)C(C)C)n1. The number of carbonyl (C=O) groups excluding carboxylic acids is 1. The second-order valence-electron chi connectivity index (χ2n) is 4.49. The van der Waals surface area contributed by atoms with Crippen molar-refractivity contribution in [3.05, 3.63) is 22.2 Å². The first kappa shape index (κ1) is 15.7. The fourth-order valence-corrected chi connectivity index (χ4v) is 1.61. The minimum absolute atomic E-state index is 0.0541. The van der Waals surface area contributed by atoms with Crippen LogP contribution in [-0.4, -0.2) is 36.1 Å². The van der Waals surface area contributed by atoms with Gasteiger partial charge in [0.25, 0.3) is 5.69 Å². The molecule has 110 valence electrons. The Hall–Kier alpha value is -2.38. The average Bonchev–Trinajstić information content (AvgIpc) is 2.43. The molecule has 0 spiro atoms. The van der Waals surface area contributed by atoms with Gasteiger partial charge in [0.1, 0.15) is 17.7 Å². The van der Waals surface area contributed by atoms with Crippen LogP contribution in [0, 0.1) is 16.0 Å². The zero-order chi connectivity index (χ0) is 15.3. The monoisotopic (exact) mass is 282 g/mol. The maximum atomic E-state index is 11.7. The molecule has 0 amide bonds. The summed E-state index contributed by atoms with van der Waals surface area (Å²) in [6.07, 6.45) is 0. The van der Waals surface area contributed by atoms with Crippen LogP contribution in [-0.2, 0) is 9.53 Å². The number of hydrogen-bond acceptors (Lipinski definition) is 7. The number of nitrogens with zero attached hydrogens (tertiary/aromatic N) is 2. The van der Waals surface area contributed by atoms with E-state index in [2.05, 4.69) is 15.6 Å². The first-order chi connectivity index (χ1) is 9.38. The van der Waals surface area contributed by atoms with E-state index >= 15 is 0 Å². The van der Waals surface area contributed by atoms with E-state index in [1.54, 1.807) is 7.05 Å². The van der Waals surface area contributed by atoms with Crippen LogP contribution in [0.3, 0.4) is 0 Å².